The van der Waals surface area contributed by atoms with Crippen LogP contribution in [0.1, 0.15) is 109 Å². The number of amides is 3. The largest absolute Gasteiger partial charge is 0.481 e. The van der Waals surface area contributed by atoms with Crippen molar-refractivity contribution >= 4 is 35.0 Å². The minimum atomic E-state index is -0.533. The summed E-state index contributed by atoms with van der Waals surface area (Å²) < 4.78 is 6.00. The number of carbonyl (C=O) groups is 3. The van der Waals surface area contributed by atoms with E-state index < -0.39 is 11.8 Å². The van der Waals surface area contributed by atoms with Crippen molar-refractivity contribution in [1.82, 2.24) is 20.5 Å². The van der Waals surface area contributed by atoms with Crippen LogP contribution < -0.4 is 26.4 Å². The van der Waals surface area contributed by atoms with E-state index in [0.717, 1.165) is 85.1 Å². The van der Waals surface area contributed by atoms with Crippen molar-refractivity contribution in [2.24, 2.45) is 11.7 Å². The van der Waals surface area contributed by atoms with Gasteiger partial charge in [-0.2, -0.15) is 0 Å². The van der Waals surface area contributed by atoms with Crippen LogP contribution in [-0.4, -0.2) is 66.9 Å². The third-order valence-corrected chi connectivity index (χ3v) is 11.7. The van der Waals surface area contributed by atoms with Crippen molar-refractivity contribution < 1.29 is 19.1 Å². The molecule has 4 atom stereocenters. The monoisotopic (exact) mass is 772 g/mol. The highest BCUT2D eigenvalue weighted by Gasteiger charge is 2.43. The van der Waals surface area contributed by atoms with Gasteiger partial charge in [0.05, 0.1) is 23.4 Å². The first-order valence-electron chi connectivity index (χ1n) is 20.0. The molecule has 2 aromatic carbocycles. The summed E-state index contributed by atoms with van der Waals surface area (Å²) in [5.41, 5.74) is 12.4. The molecule has 5 N–H and O–H groups in total. The Morgan fingerprint density at radius 2 is 1.75 bits per heavy atom. The fourth-order valence-electron chi connectivity index (χ4n) is 7.77. The van der Waals surface area contributed by atoms with Crippen LogP contribution in [0, 0.1) is 5.92 Å². The first-order chi connectivity index (χ1) is 26.5. The van der Waals surface area contributed by atoms with E-state index in [0.29, 0.717) is 16.6 Å². The van der Waals surface area contributed by atoms with Gasteiger partial charge in [-0.25, -0.2) is 4.98 Å². The van der Waals surface area contributed by atoms with E-state index in [4.69, 9.17) is 27.1 Å². The number of halogens is 1. The highest BCUT2D eigenvalue weighted by Crippen LogP contribution is 2.47. The van der Waals surface area contributed by atoms with E-state index in [-0.39, 0.29) is 41.4 Å². The molecule has 3 aromatic rings. The van der Waals surface area contributed by atoms with Gasteiger partial charge in [0.15, 0.2) is 0 Å². The van der Waals surface area contributed by atoms with Gasteiger partial charge in [0, 0.05) is 61.0 Å². The SMILES string of the molecule is CC.CCC(C)C(=O)NC1(CC)CCN(C2CCc3cc(-c4cccc(-c5cccc(NC(=O)/C(=C/CN)C(=O)NC)c5C(C)CC)c4Cl)nc(OC)c32)C1. The van der Waals surface area contributed by atoms with Gasteiger partial charge in [-0.1, -0.05) is 96.5 Å². The number of pyridine rings is 1. The highest BCUT2D eigenvalue weighted by atomic mass is 35.5. The normalized spacial score (nSPS) is 19.1. The molecule has 0 saturated carbocycles. The van der Waals surface area contributed by atoms with Gasteiger partial charge < -0.3 is 26.4 Å². The Balaban J connectivity index is 0.00000331. The van der Waals surface area contributed by atoms with E-state index in [1.54, 1.807) is 7.11 Å². The molecule has 0 radical (unpaired) electrons. The fraction of sp³-hybridized carbons (Fsp3) is 0.500. The molecule has 0 bridgehead atoms. The molecule has 2 aliphatic rings. The number of likely N-dealkylation sites (N-methyl/N-ethyl adjacent to an activating group) is 1. The third-order valence-electron chi connectivity index (χ3n) is 11.3. The lowest BCUT2D eigenvalue weighted by molar-refractivity contribution is -0.126. The van der Waals surface area contributed by atoms with Crippen molar-refractivity contribution in [3.8, 4) is 28.3 Å². The van der Waals surface area contributed by atoms with Crippen LogP contribution in [0.4, 0.5) is 5.69 Å². The van der Waals surface area contributed by atoms with Crippen molar-refractivity contribution in [3.05, 3.63) is 75.8 Å². The molecule has 0 spiro atoms. The summed E-state index contributed by atoms with van der Waals surface area (Å²) >= 11 is 7.32. The van der Waals surface area contributed by atoms with Crippen molar-refractivity contribution in [2.75, 3.05) is 39.1 Å². The molecule has 3 amide bonds. The topological polar surface area (TPSA) is 139 Å². The third kappa shape index (κ3) is 9.25. The van der Waals surface area contributed by atoms with Crippen LogP contribution in [0.15, 0.2) is 54.1 Å². The maximum atomic E-state index is 13.3. The molecule has 1 saturated heterocycles. The summed E-state index contributed by atoms with van der Waals surface area (Å²) in [4.78, 5) is 46.3. The second kappa shape index (κ2) is 19.6. The summed E-state index contributed by atoms with van der Waals surface area (Å²) in [6, 6.07) is 14.0. The van der Waals surface area contributed by atoms with Gasteiger partial charge in [0.25, 0.3) is 11.8 Å². The molecule has 5 rings (SSSR count). The van der Waals surface area contributed by atoms with Gasteiger partial charge >= 0.3 is 0 Å². The molecular weight excluding hydrogens is 712 g/mol. The zero-order valence-corrected chi connectivity index (χ0v) is 35.0. The number of aryl methyl sites for hydroxylation is 1. The number of rotatable bonds is 14. The second-order valence-electron chi connectivity index (χ2n) is 14.4. The van der Waals surface area contributed by atoms with Crippen LogP contribution in [0.25, 0.3) is 22.4 Å². The number of benzene rings is 2. The Hall–Kier alpha value is -4.25. The lowest BCUT2D eigenvalue weighted by atomic mass is 9.87. The number of nitrogens with zero attached hydrogens (tertiary/aromatic N) is 2. The lowest BCUT2D eigenvalue weighted by Gasteiger charge is -2.32. The standard InChI is InChI=1S/C42H55ClN6O4.C2H6/c1-8-25(4)35-28(13-12-16-32(35)46-40(52)31(19-21-44)39(51)45-6)29-14-11-15-30(37(29)43)33-23-27-17-18-34(36(27)41(47-33)53-7)49-22-20-42(10-3,24-49)48-38(50)26(5)9-2;1-2/h11-16,19,23,25-26,34H,8-10,17-18,20-22,24,44H2,1-7H3,(H,45,51)(H,46,52)(H,48,50);1-2H3/b31-19+;. The molecule has 1 aliphatic carbocycles. The predicted molar refractivity (Wildman–Crippen MR) is 224 cm³/mol. The van der Waals surface area contributed by atoms with Crippen molar-refractivity contribution in [1.29, 1.82) is 0 Å². The molecule has 1 aliphatic heterocycles. The number of likely N-dealkylation sites (tertiary alicyclic amines) is 1. The van der Waals surface area contributed by atoms with Crippen LogP contribution in [0.3, 0.4) is 0 Å². The molecule has 1 fully saturated rings. The number of aromatic nitrogens is 1. The molecule has 4 unspecified atom stereocenters. The van der Waals surface area contributed by atoms with Crippen LogP contribution in [-0.2, 0) is 20.8 Å². The minimum Gasteiger partial charge on any atom is -0.481 e. The number of ether oxygens (including phenoxy) is 1. The summed E-state index contributed by atoms with van der Waals surface area (Å²) in [5, 5.41) is 9.45. The average molecular weight is 773 g/mol. The summed E-state index contributed by atoms with van der Waals surface area (Å²) in [7, 11) is 3.15. The van der Waals surface area contributed by atoms with E-state index in [2.05, 4.69) is 54.6 Å². The Morgan fingerprint density at radius 3 is 2.38 bits per heavy atom. The number of carbonyl (C=O) groups excluding carboxylic acids is 3. The molecule has 11 heteroatoms. The fourth-order valence-corrected chi connectivity index (χ4v) is 8.10. The van der Waals surface area contributed by atoms with Gasteiger partial charge in [-0.05, 0) is 73.3 Å². The molecular formula is C44H61ClN6O4. The number of hydrogen-bond donors (Lipinski definition) is 4. The summed E-state index contributed by atoms with van der Waals surface area (Å²) in [5.74, 6) is -0.261. The molecule has 298 valence electrons. The quantitative estimate of drug-likeness (QED) is 0.0737. The number of nitrogens with two attached hydrogens (primary N) is 1. The number of anilines is 1. The predicted octanol–water partition coefficient (Wildman–Crippen LogP) is 8.19. The smallest absolute Gasteiger partial charge is 0.260 e. The zero-order valence-electron chi connectivity index (χ0n) is 34.2. The van der Waals surface area contributed by atoms with Gasteiger partial charge in [0.2, 0.25) is 11.8 Å². The van der Waals surface area contributed by atoms with E-state index >= 15 is 0 Å². The van der Waals surface area contributed by atoms with Gasteiger partial charge in [-0.3, -0.25) is 19.3 Å². The molecule has 2 heterocycles. The maximum absolute atomic E-state index is 13.3. The second-order valence-corrected chi connectivity index (χ2v) is 14.8. The van der Waals surface area contributed by atoms with Crippen molar-refractivity contribution in [2.45, 2.75) is 104 Å². The van der Waals surface area contributed by atoms with E-state index in [9.17, 15) is 14.4 Å². The highest BCUT2D eigenvalue weighted by molar-refractivity contribution is 6.36. The maximum Gasteiger partial charge on any atom is 0.260 e. The molecule has 1 aromatic heterocycles. The van der Waals surface area contributed by atoms with Crippen LogP contribution in [0.5, 0.6) is 5.88 Å². The van der Waals surface area contributed by atoms with Crippen LogP contribution >= 0.6 is 11.6 Å². The Kier molecular flexibility index (Phi) is 15.5. The van der Waals surface area contributed by atoms with Gasteiger partial charge in [-0.15, -0.1) is 0 Å². The minimum absolute atomic E-state index is 0.00784. The summed E-state index contributed by atoms with van der Waals surface area (Å²) in [6.07, 6.45) is 6.67. The number of methoxy groups -OCH3 is 1. The Morgan fingerprint density at radius 1 is 1.05 bits per heavy atom. The zero-order chi connectivity index (χ0) is 40.4. The first-order valence-corrected chi connectivity index (χ1v) is 20.3. The van der Waals surface area contributed by atoms with Crippen molar-refractivity contribution in [3.63, 3.8) is 0 Å². The number of hydrogen-bond acceptors (Lipinski definition) is 7. The lowest BCUT2D eigenvalue weighted by Crippen LogP contribution is -2.51. The molecule has 10 nitrogen and oxygen atoms in total. The Labute approximate surface area is 333 Å². The van der Waals surface area contributed by atoms with E-state index in [1.807, 2.05) is 57.2 Å². The molecule has 55 heavy (non-hydrogen) atoms. The number of fused-ring (bicyclic) bond motifs is 1. The summed E-state index contributed by atoms with van der Waals surface area (Å²) in [6.45, 7) is 16.1. The van der Waals surface area contributed by atoms with Crippen LogP contribution in [0.2, 0.25) is 5.02 Å². The Bertz CT molecular complexity index is 1880. The van der Waals surface area contributed by atoms with Gasteiger partial charge in [0.1, 0.15) is 5.57 Å². The average Bonchev–Trinajstić information content (AvgIpc) is 3.84. The van der Waals surface area contributed by atoms with E-state index in [1.165, 1.54) is 18.7 Å². The number of nitrogens with one attached hydrogen (secondary N) is 3. The first kappa shape index (κ1) is 43.5.